The maximum Gasteiger partial charge on any atom is 0.147 e. The molecule has 24 heavy (non-hydrogen) atoms. The van der Waals surface area contributed by atoms with Crippen LogP contribution in [0.5, 0.6) is 0 Å². The second-order valence-corrected chi connectivity index (χ2v) is 7.14. The van der Waals surface area contributed by atoms with Crippen molar-refractivity contribution in [2.24, 2.45) is 11.8 Å². The van der Waals surface area contributed by atoms with Gasteiger partial charge in [0.15, 0.2) is 0 Å². The molecule has 2 unspecified atom stereocenters. The summed E-state index contributed by atoms with van der Waals surface area (Å²) in [7, 11) is 0. The van der Waals surface area contributed by atoms with Gasteiger partial charge >= 0.3 is 0 Å². The van der Waals surface area contributed by atoms with Crippen LogP contribution in [0.3, 0.4) is 0 Å². The van der Waals surface area contributed by atoms with Crippen LogP contribution in [0.1, 0.15) is 36.3 Å². The molecule has 2 fully saturated rings. The zero-order valence-electron chi connectivity index (χ0n) is 13.7. The summed E-state index contributed by atoms with van der Waals surface area (Å²) in [6.07, 6.45) is 3.85. The van der Waals surface area contributed by atoms with Crippen molar-refractivity contribution in [3.8, 4) is 6.07 Å². The Balaban J connectivity index is 1.24. The van der Waals surface area contributed by atoms with E-state index in [4.69, 9.17) is 5.26 Å². The summed E-state index contributed by atoms with van der Waals surface area (Å²) >= 11 is 0. The van der Waals surface area contributed by atoms with E-state index < -0.39 is 0 Å². The molecule has 3 heteroatoms. The van der Waals surface area contributed by atoms with Gasteiger partial charge in [0.25, 0.3) is 0 Å². The number of benzene rings is 2. The van der Waals surface area contributed by atoms with Crippen LogP contribution in [-0.2, 0) is 0 Å². The maximum absolute atomic E-state index is 14.0. The van der Waals surface area contributed by atoms with Crippen molar-refractivity contribution < 1.29 is 4.39 Å². The zero-order valence-corrected chi connectivity index (χ0v) is 13.7. The van der Waals surface area contributed by atoms with E-state index in [0.717, 1.165) is 24.9 Å². The highest BCUT2D eigenvalue weighted by molar-refractivity contribution is 5.53. The average molecular weight is 320 g/mol. The molecule has 1 aliphatic carbocycles. The number of hydrogen-bond donors (Lipinski definition) is 0. The highest BCUT2D eigenvalue weighted by Gasteiger charge is 2.39. The molecular weight excluding hydrogens is 299 g/mol. The lowest BCUT2D eigenvalue weighted by Gasteiger charge is -2.41. The van der Waals surface area contributed by atoms with Gasteiger partial charge in [-0.05, 0) is 60.8 Å². The van der Waals surface area contributed by atoms with Gasteiger partial charge in [0.2, 0.25) is 0 Å². The third-order valence-corrected chi connectivity index (χ3v) is 5.47. The number of anilines is 1. The van der Waals surface area contributed by atoms with E-state index >= 15 is 0 Å². The fourth-order valence-electron chi connectivity index (χ4n) is 3.91. The van der Waals surface area contributed by atoms with Gasteiger partial charge in [0.05, 0.1) is 17.3 Å². The number of halogens is 1. The maximum atomic E-state index is 14.0. The first-order valence-electron chi connectivity index (χ1n) is 8.74. The number of rotatable bonds is 5. The summed E-state index contributed by atoms with van der Waals surface area (Å²) in [5.41, 5.74) is 2.50. The molecule has 122 valence electrons. The first kappa shape index (κ1) is 15.2. The molecule has 0 spiro atoms. The van der Waals surface area contributed by atoms with Crippen LogP contribution in [0.15, 0.2) is 48.5 Å². The fraction of sp³-hybridized carbons (Fsp3) is 0.381. The smallest absolute Gasteiger partial charge is 0.147 e. The highest BCUT2D eigenvalue weighted by Crippen LogP contribution is 2.50. The summed E-state index contributed by atoms with van der Waals surface area (Å²) in [6.45, 7) is 1.87. The Hall–Kier alpha value is -2.34. The predicted molar refractivity (Wildman–Crippen MR) is 93.3 cm³/mol. The van der Waals surface area contributed by atoms with E-state index in [2.05, 4.69) is 35.2 Å². The monoisotopic (exact) mass is 320 g/mol. The van der Waals surface area contributed by atoms with Crippen molar-refractivity contribution in [3.05, 3.63) is 65.5 Å². The third kappa shape index (κ3) is 3.01. The molecule has 0 aromatic heterocycles. The fourth-order valence-corrected chi connectivity index (χ4v) is 3.91. The van der Waals surface area contributed by atoms with Crippen molar-refractivity contribution in [1.29, 1.82) is 5.26 Å². The number of nitriles is 1. The summed E-state index contributed by atoms with van der Waals surface area (Å²) < 4.78 is 14.0. The van der Waals surface area contributed by atoms with Gasteiger partial charge in [-0.15, -0.1) is 0 Å². The molecule has 0 amide bonds. The van der Waals surface area contributed by atoms with E-state index in [1.165, 1.54) is 30.9 Å². The van der Waals surface area contributed by atoms with Crippen LogP contribution in [0.25, 0.3) is 0 Å². The predicted octanol–water partition coefficient (Wildman–Crippen LogP) is 4.72. The molecular formula is C21H21FN2. The van der Waals surface area contributed by atoms with Gasteiger partial charge in [-0.2, -0.15) is 5.26 Å². The molecule has 2 aromatic rings. The molecule has 4 rings (SSSR count). The molecule has 2 aliphatic rings. The molecule has 0 bridgehead atoms. The van der Waals surface area contributed by atoms with Crippen LogP contribution >= 0.6 is 0 Å². The minimum Gasteiger partial charge on any atom is -0.368 e. The molecule has 1 saturated carbocycles. The van der Waals surface area contributed by atoms with Gasteiger partial charge in [-0.1, -0.05) is 30.3 Å². The first-order valence-corrected chi connectivity index (χ1v) is 8.74. The molecule has 0 N–H and O–H groups in total. The quantitative estimate of drug-likeness (QED) is 0.797. The lowest BCUT2D eigenvalue weighted by atomic mass is 9.92. The minimum absolute atomic E-state index is 0.279. The Kier molecular flexibility index (Phi) is 3.98. The third-order valence-electron chi connectivity index (χ3n) is 5.47. The summed E-state index contributed by atoms with van der Waals surface area (Å²) in [5.74, 6) is 2.00. The molecule has 2 atom stereocenters. The van der Waals surface area contributed by atoms with E-state index in [0.29, 0.717) is 17.2 Å². The summed E-state index contributed by atoms with van der Waals surface area (Å²) in [6, 6.07) is 17.5. The van der Waals surface area contributed by atoms with E-state index in [-0.39, 0.29) is 5.82 Å². The van der Waals surface area contributed by atoms with Crippen molar-refractivity contribution in [3.63, 3.8) is 0 Å². The molecule has 2 nitrogen and oxygen atoms in total. The SMILES string of the molecule is N#Cc1ccc(N2CC(CCC3CC3c3ccccc3)C2)c(F)c1. The average Bonchev–Trinajstić information content (AvgIpc) is 3.35. The minimum atomic E-state index is -0.279. The molecule has 0 radical (unpaired) electrons. The van der Waals surface area contributed by atoms with Crippen LogP contribution in [0, 0.1) is 29.0 Å². The zero-order chi connectivity index (χ0) is 16.5. The molecule has 1 aliphatic heterocycles. The van der Waals surface area contributed by atoms with Gasteiger partial charge in [-0.25, -0.2) is 4.39 Å². The van der Waals surface area contributed by atoms with Gasteiger partial charge in [0, 0.05) is 13.1 Å². The van der Waals surface area contributed by atoms with Crippen LogP contribution in [-0.4, -0.2) is 13.1 Å². The van der Waals surface area contributed by atoms with E-state index in [1.54, 1.807) is 12.1 Å². The normalized spacial score (nSPS) is 22.8. The summed E-state index contributed by atoms with van der Waals surface area (Å²) in [4.78, 5) is 2.09. The Bertz CT molecular complexity index is 759. The van der Waals surface area contributed by atoms with Crippen molar-refractivity contribution in [1.82, 2.24) is 0 Å². The van der Waals surface area contributed by atoms with Crippen molar-refractivity contribution in [2.45, 2.75) is 25.2 Å². The number of hydrogen-bond acceptors (Lipinski definition) is 2. The lowest BCUT2D eigenvalue weighted by Crippen LogP contribution is -2.47. The van der Waals surface area contributed by atoms with E-state index in [1.807, 2.05) is 6.07 Å². The lowest BCUT2D eigenvalue weighted by molar-refractivity contribution is 0.361. The van der Waals surface area contributed by atoms with Crippen LogP contribution in [0.4, 0.5) is 10.1 Å². The van der Waals surface area contributed by atoms with Crippen LogP contribution in [0.2, 0.25) is 0 Å². The Morgan fingerprint density at radius 1 is 1.08 bits per heavy atom. The second kappa shape index (κ2) is 6.28. The first-order chi connectivity index (χ1) is 11.7. The van der Waals surface area contributed by atoms with Gasteiger partial charge < -0.3 is 4.90 Å². The summed E-state index contributed by atoms with van der Waals surface area (Å²) in [5, 5.41) is 8.81. The standard InChI is InChI=1S/C21H21FN2/c22-20-10-15(12-23)7-9-21(20)24-13-16(14-24)6-8-18-11-19(18)17-4-2-1-3-5-17/h1-5,7,9-10,16,18-19H,6,8,11,13-14H2. The Morgan fingerprint density at radius 2 is 1.88 bits per heavy atom. The number of nitrogens with zero attached hydrogens (tertiary/aromatic N) is 2. The van der Waals surface area contributed by atoms with Crippen molar-refractivity contribution >= 4 is 5.69 Å². The second-order valence-electron chi connectivity index (χ2n) is 7.14. The van der Waals surface area contributed by atoms with Crippen LogP contribution < -0.4 is 4.90 Å². The Morgan fingerprint density at radius 3 is 2.58 bits per heavy atom. The topological polar surface area (TPSA) is 27.0 Å². The molecule has 1 heterocycles. The highest BCUT2D eigenvalue weighted by atomic mass is 19.1. The largest absolute Gasteiger partial charge is 0.368 e. The van der Waals surface area contributed by atoms with Gasteiger partial charge in [-0.3, -0.25) is 0 Å². The van der Waals surface area contributed by atoms with Gasteiger partial charge in [0.1, 0.15) is 5.82 Å². The molecule has 2 aromatic carbocycles. The Labute approximate surface area is 142 Å². The van der Waals surface area contributed by atoms with Crippen molar-refractivity contribution in [2.75, 3.05) is 18.0 Å². The van der Waals surface area contributed by atoms with E-state index in [9.17, 15) is 4.39 Å². The molecule has 1 saturated heterocycles.